The van der Waals surface area contributed by atoms with Crippen LogP contribution in [0.5, 0.6) is 0 Å². The molecule has 1 aliphatic heterocycles. The molecular formula is C26H24N8O2S2. The van der Waals surface area contributed by atoms with Crippen LogP contribution in [-0.4, -0.2) is 30.4 Å². The highest BCUT2D eigenvalue weighted by Crippen LogP contribution is 2.30. The number of anilines is 2. The summed E-state index contributed by atoms with van der Waals surface area (Å²) in [7, 11) is 0. The third-order valence-corrected chi connectivity index (χ3v) is 8.79. The molecule has 2 atom stereocenters. The first kappa shape index (κ1) is 24.2. The number of nitrogens with zero attached hydrogens (tertiary/aromatic N) is 5. The van der Waals surface area contributed by atoms with Gasteiger partial charge in [0.2, 0.25) is 5.91 Å². The molecule has 38 heavy (non-hydrogen) atoms. The number of rotatable bonds is 7. The van der Waals surface area contributed by atoms with Crippen molar-refractivity contribution >= 4 is 50.2 Å². The van der Waals surface area contributed by atoms with E-state index in [1.807, 2.05) is 31.2 Å². The van der Waals surface area contributed by atoms with Crippen molar-refractivity contribution in [2.75, 3.05) is 11.1 Å². The largest absolute Gasteiger partial charge is 0.384 e. The van der Waals surface area contributed by atoms with E-state index in [0.29, 0.717) is 36.7 Å². The van der Waals surface area contributed by atoms with Gasteiger partial charge in [-0.15, -0.1) is 22.7 Å². The van der Waals surface area contributed by atoms with E-state index in [1.165, 1.54) is 15.9 Å². The first-order valence-electron chi connectivity index (χ1n) is 12.1. The van der Waals surface area contributed by atoms with Gasteiger partial charge in [0.05, 0.1) is 18.8 Å². The van der Waals surface area contributed by atoms with Crippen LogP contribution in [0.2, 0.25) is 0 Å². The molecule has 0 spiro atoms. The van der Waals surface area contributed by atoms with Gasteiger partial charge in [-0.2, -0.15) is 0 Å². The summed E-state index contributed by atoms with van der Waals surface area (Å²) in [6.45, 7) is 2.34. The van der Waals surface area contributed by atoms with E-state index in [4.69, 9.17) is 5.73 Å². The Bertz CT molecular complexity index is 1690. The van der Waals surface area contributed by atoms with Gasteiger partial charge in [0.15, 0.2) is 0 Å². The number of fused-ring (bicyclic) bond motifs is 2. The fraction of sp³-hybridized carbons (Fsp3) is 0.231. The first-order chi connectivity index (χ1) is 18.5. The predicted molar refractivity (Wildman–Crippen MR) is 149 cm³/mol. The number of nitrogen functional groups attached to an aromatic ring is 1. The molecule has 10 nitrogen and oxygen atoms in total. The number of nitrogens with one attached hydrogen (secondary N) is 2. The number of carbonyl (C=O) groups excluding carboxylic acids is 1. The van der Waals surface area contributed by atoms with Crippen LogP contribution in [0, 0.1) is 0 Å². The van der Waals surface area contributed by atoms with Gasteiger partial charge in [0.25, 0.3) is 5.56 Å². The molecule has 5 aromatic rings. The highest BCUT2D eigenvalue weighted by Gasteiger charge is 2.31. The third-order valence-electron chi connectivity index (χ3n) is 6.47. The van der Waals surface area contributed by atoms with Crippen LogP contribution in [0.4, 0.5) is 11.5 Å². The van der Waals surface area contributed by atoms with E-state index in [1.54, 1.807) is 42.3 Å². The molecule has 6 rings (SSSR count). The van der Waals surface area contributed by atoms with Crippen LogP contribution in [-0.2, 0) is 17.8 Å². The lowest BCUT2D eigenvalue weighted by atomic mass is 10.2. The molecule has 0 saturated carbocycles. The van der Waals surface area contributed by atoms with Crippen molar-refractivity contribution < 1.29 is 4.79 Å². The van der Waals surface area contributed by atoms with Crippen LogP contribution in [0.1, 0.15) is 41.0 Å². The number of aryl methyl sites for hydroxylation is 1. The first-order valence-corrected chi connectivity index (χ1v) is 13.7. The molecule has 0 saturated heterocycles. The lowest BCUT2D eigenvalue weighted by molar-refractivity contribution is -0.124. The Kier molecular flexibility index (Phi) is 6.34. The Morgan fingerprint density at radius 2 is 2.08 bits per heavy atom. The number of nitrogens with two attached hydrogens (primary N) is 1. The number of carbonyl (C=O) groups is 1. The van der Waals surface area contributed by atoms with Crippen molar-refractivity contribution in [3.8, 4) is 10.6 Å². The number of hydrogen-bond donors (Lipinski definition) is 3. The van der Waals surface area contributed by atoms with Crippen LogP contribution in [0.25, 0.3) is 20.7 Å². The van der Waals surface area contributed by atoms with Crippen molar-refractivity contribution in [3.05, 3.63) is 81.2 Å². The van der Waals surface area contributed by atoms with Gasteiger partial charge in [0, 0.05) is 56.6 Å². The second-order valence-electron chi connectivity index (χ2n) is 9.07. The molecule has 192 valence electrons. The standard InChI is InChI=1S/C26H24N8O2S2/c1-14(21-13-32-25(38-21)15-3-2-6-28-9-15)33-18-12-30-23-5-4-19(34(23)26(18)36)24(35)31-11-17-7-16-10-29-22(27)8-20(16)37-17/h2-3,6-10,12-14,19,33H,4-5,11H2,1H3,(H2,27,29)(H,31,35)/t14-,19+/m1/s1. The van der Waals surface area contributed by atoms with Crippen LogP contribution in [0.3, 0.4) is 0 Å². The maximum Gasteiger partial charge on any atom is 0.277 e. The number of thiazole rings is 1. The Balaban J connectivity index is 1.16. The highest BCUT2D eigenvalue weighted by atomic mass is 32.1. The van der Waals surface area contributed by atoms with E-state index in [9.17, 15) is 9.59 Å². The van der Waals surface area contributed by atoms with Gasteiger partial charge in [0.1, 0.15) is 28.4 Å². The molecule has 0 unspecified atom stereocenters. The van der Waals surface area contributed by atoms with Crippen molar-refractivity contribution in [3.63, 3.8) is 0 Å². The fourth-order valence-electron chi connectivity index (χ4n) is 4.55. The second kappa shape index (κ2) is 9.95. The summed E-state index contributed by atoms with van der Waals surface area (Å²) in [4.78, 5) is 45.8. The molecule has 0 bridgehead atoms. The van der Waals surface area contributed by atoms with Crippen molar-refractivity contribution in [1.29, 1.82) is 0 Å². The van der Waals surface area contributed by atoms with Gasteiger partial charge >= 0.3 is 0 Å². The Labute approximate surface area is 225 Å². The fourth-order valence-corrected chi connectivity index (χ4v) is 6.48. The summed E-state index contributed by atoms with van der Waals surface area (Å²) < 4.78 is 2.54. The predicted octanol–water partition coefficient (Wildman–Crippen LogP) is 3.93. The molecule has 6 heterocycles. The van der Waals surface area contributed by atoms with Gasteiger partial charge in [-0.25, -0.2) is 15.0 Å². The smallest absolute Gasteiger partial charge is 0.277 e. The average Bonchev–Trinajstić information content (AvgIpc) is 3.67. The molecule has 12 heteroatoms. The maximum absolute atomic E-state index is 13.4. The minimum atomic E-state index is -0.602. The minimum Gasteiger partial charge on any atom is -0.384 e. The molecule has 0 aromatic carbocycles. The van der Waals surface area contributed by atoms with Crippen molar-refractivity contribution in [2.24, 2.45) is 0 Å². The summed E-state index contributed by atoms with van der Waals surface area (Å²) in [5.41, 5.74) is 6.82. The number of thiophene rings is 1. The number of pyridine rings is 2. The van der Waals surface area contributed by atoms with Crippen LogP contribution in [0.15, 0.2) is 60.0 Å². The molecule has 1 amide bonds. The zero-order valence-electron chi connectivity index (χ0n) is 20.4. The zero-order chi connectivity index (χ0) is 26.2. The maximum atomic E-state index is 13.4. The summed E-state index contributed by atoms with van der Waals surface area (Å²) in [6.07, 6.45) is 9.69. The van der Waals surface area contributed by atoms with E-state index >= 15 is 0 Å². The summed E-state index contributed by atoms with van der Waals surface area (Å²) in [6, 6.07) is 6.88. The minimum absolute atomic E-state index is 0.170. The van der Waals surface area contributed by atoms with Gasteiger partial charge in [-0.1, -0.05) is 0 Å². The summed E-state index contributed by atoms with van der Waals surface area (Å²) in [5, 5.41) is 8.11. The quantitative estimate of drug-likeness (QED) is 0.280. The number of amides is 1. The summed E-state index contributed by atoms with van der Waals surface area (Å²) >= 11 is 3.10. The average molecular weight is 545 g/mol. The van der Waals surface area contributed by atoms with E-state index < -0.39 is 6.04 Å². The van der Waals surface area contributed by atoms with Gasteiger partial charge in [-0.3, -0.25) is 19.1 Å². The lowest BCUT2D eigenvalue weighted by Crippen LogP contribution is -2.36. The Morgan fingerprint density at radius 3 is 2.92 bits per heavy atom. The molecule has 0 fully saturated rings. The highest BCUT2D eigenvalue weighted by molar-refractivity contribution is 7.19. The number of aromatic nitrogens is 5. The monoisotopic (exact) mass is 544 g/mol. The molecule has 5 aromatic heterocycles. The topological polar surface area (TPSA) is 141 Å². The molecule has 1 aliphatic rings. The Morgan fingerprint density at radius 1 is 1.18 bits per heavy atom. The lowest BCUT2D eigenvalue weighted by Gasteiger charge is -2.17. The Hall–Kier alpha value is -4.16. The zero-order valence-corrected chi connectivity index (χ0v) is 22.1. The SMILES string of the molecule is C[C@@H](Nc1cnc2n(c1=O)[C@H](C(=O)NCc1cc3cnc(N)cc3s1)CC2)c1cnc(-c2cccnc2)s1. The van der Waals surface area contributed by atoms with E-state index in [0.717, 1.165) is 30.4 Å². The number of hydrogen-bond acceptors (Lipinski definition) is 10. The van der Waals surface area contributed by atoms with Gasteiger partial charge < -0.3 is 16.4 Å². The van der Waals surface area contributed by atoms with E-state index in [-0.39, 0.29) is 17.5 Å². The van der Waals surface area contributed by atoms with Crippen molar-refractivity contribution in [1.82, 2.24) is 29.8 Å². The van der Waals surface area contributed by atoms with Crippen LogP contribution >= 0.6 is 22.7 Å². The molecule has 0 aliphatic carbocycles. The second-order valence-corrected chi connectivity index (χ2v) is 11.3. The molecule has 4 N–H and O–H groups in total. The van der Waals surface area contributed by atoms with Crippen molar-refractivity contribution in [2.45, 2.75) is 38.4 Å². The van der Waals surface area contributed by atoms with Crippen LogP contribution < -0.4 is 21.9 Å². The van der Waals surface area contributed by atoms with Gasteiger partial charge in [-0.05, 0) is 37.6 Å². The third kappa shape index (κ3) is 4.63. The molecular weight excluding hydrogens is 520 g/mol. The van der Waals surface area contributed by atoms with E-state index in [2.05, 4.69) is 30.6 Å². The normalized spacial score (nSPS) is 15.3. The molecule has 0 radical (unpaired) electrons. The summed E-state index contributed by atoms with van der Waals surface area (Å²) in [5.74, 6) is 0.886.